The summed E-state index contributed by atoms with van der Waals surface area (Å²) in [5.41, 5.74) is 7.35. The first-order valence-electron chi connectivity index (χ1n) is 14.8. The van der Waals surface area contributed by atoms with E-state index in [0.717, 1.165) is 22.4 Å². The predicted molar refractivity (Wildman–Crippen MR) is 173 cm³/mol. The molecule has 218 valence electrons. The summed E-state index contributed by atoms with van der Waals surface area (Å²) < 4.78 is 18.6. The maximum Gasteiger partial charge on any atom is 0.492 e. The normalized spacial score (nSPS) is 16.8. The van der Waals surface area contributed by atoms with Crippen molar-refractivity contribution in [2.45, 2.75) is 44.8 Å². The van der Waals surface area contributed by atoms with Gasteiger partial charge in [0, 0.05) is 23.8 Å². The Hall–Kier alpha value is -4.33. The number of benzene rings is 4. The molecule has 4 aromatic rings. The van der Waals surface area contributed by atoms with E-state index in [1.807, 2.05) is 113 Å². The third-order valence-corrected chi connectivity index (χ3v) is 8.69. The topological polar surface area (TPSA) is 68.8 Å². The number of carbonyl (C=O) groups is 1. The molecule has 0 radical (unpaired) electrons. The van der Waals surface area contributed by atoms with Gasteiger partial charge < -0.3 is 24.7 Å². The highest BCUT2D eigenvalue weighted by Crippen LogP contribution is 2.44. The number of alkyl carbamates (subject to hydrolysis) is 1. The first-order valence-corrected chi connectivity index (χ1v) is 14.8. The van der Waals surface area contributed by atoms with Crippen LogP contribution in [0.5, 0.6) is 0 Å². The molecule has 2 N–H and O–H groups in total. The highest BCUT2D eigenvalue weighted by molar-refractivity contribution is 6.56. The highest BCUT2D eigenvalue weighted by atomic mass is 16.7. The van der Waals surface area contributed by atoms with Crippen LogP contribution in [-0.4, -0.2) is 37.6 Å². The van der Waals surface area contributed by atoms with Crippen LogP contribution < -0.4 is 10.6 Å². The fourth-order valence-electron chi connectivity index (χ4n) is 5.63. The van der Waals surface area contributed by atoms with E-state index in [4.69, 9.17) is 14.0 Å². The van der Waals surface area contributed by atoms with E-state index >= 15 is 0 Å². The lowest BCUT2D eigenvalue weighted by Crippen LogP contribution is -2.41. The van der Waals surface area contributed by atoms with Crippen molar-refractivity contribution in [2.24, 2.45) is 0 Å². The SMILES string of the molecule is CC1(C)OB(C(=Cc2ccccc2Nc2ccccc2)CNC(=O)OCC2c3ccccc3-c3ccccc32)OC1(C)C. The van der Waals surface area contributed by atoms with E-state index < -0.39 is 24.4 Å². The van der Waals surface area contributed by atoms with Gasteiger partial charge in [-0.1, -0.05) is 91.0 Å². The zero-order chi connectivity index (χ0) is 30.0. The number of ether oxygens (including phenoxy) is 1. The van der Waals surface area contributed by atoms with E-state index in [-0.39, 0.29) is 19.1 Å². The quantitative estimate of drug-likeness (QED) is 0.210. The molecule has 0 spiro atoms. The van der Waals surface area contributed by atoms with E-state index in [2.05, 4.69) is 34.9 Å². The summed E-state index contributed by atoms with van der Waals surface area (Å²) in [4.78, 5) is 13.1. The smallest absolute Gasteiger partial charge is 0.449 e. The molecular weight excluding hydrogens is 535 g/mol. The molecule has 0 unspecified atom stereocenters. The maximum atomic E-state index is 13.1. The van der Waals surface area contributed by atoms with Crippen LogP contribution >= 0.6 is 0 Å². The van der Waals surface area contributed by atoms with Gasteiger partial charge in [0.1, 0.15) is 6.61 Å². The Bertz CT molecular complexity index is 1590. The minimum atomic E-state index is -0.635. The highest BCUT2D eigenvalue weighted by Gasteiger charge is 2.52. The Balaban J connectivity index is 1.20. The van der Waals surface area contributed by atoms with Crippen molar-refractivity contribution < 1.29 is 18.8 Å². The summed E-state index contributed by atoms with van der Waals surface area (Å²) >= 11 is 0. The van der Waals surface area contributed by atoms with Gasteiger partial charge in [0.2, 0.25) is 0 Å². The van der Waals surface area contributed by atoms with Crippen LogP contribution in [-0.2, 0) is 14.0 Å². The summed E-state index contributed by atoms with van der Waals surface area (Å²) in [6.45, 7) is 8.54. The van der Waals surface area contributed by atoms with Gasteiger partial charge in [-0.25, -0.2) is 4.79 Å². The van der Waals surface area contributed by atoms with Crippen molar-refractivity contribution in [3.05, 3.63) is 125 Å². The minimum Gasteiger partial charge on any atom is -0.449 e. The maximum absolute atomic E-state index is 13.1. The fraction of sp³-hybridized carbons (Fsp3) is 0.250. The van der Waals surface area contributed by atoms with Gasteiger partial charge in [0.05, 0.1) is 11.2 Å². The Kier molecular flexibility index (Phi) is 7.86. The van der Waals surface area contributed by atoms with E-state index in [9.17, 15) is 4.79 Å². The molecule has 1 amide bonds. The summed E-state index contributed by atoms with van der Waals surface area (Å²) in [7, 11) is -0.635. The van der Waals surface area contributed by atoms with Gasteiger partial charge in [-0.3, -0.25) is 0 Å². The molecule has 2 aliphatic rings. The number of hydrogen-bond acceptors (Lipinski definition) is 5. The molecular formula is C36H37BN2O4. The molecule has 6 rings (SSSR count). The molecule has 0 aromatic heterocycles. The number of carbonyl (C=O) groups excluding carboxylic acids is 1. The molecule has 1 saturated heterocycles. The van der Waals surface area contributed by atoms with Gasteiger partial charge in [0.25, 0.3) is 0 Å². The first-order chi connectivity index (χ1) is 20.7. The number of rotatable bonds is 8. The van der Waals surface area contributed by atoms with E-state index in [1.54, 1.807) is 0 Å². The van der Waals surface area contributed by atoms with Gasteiger partial charge in [0.15, 0.2) is 0 Å². The largest absolute Gasteiger partial charge is 0.492 e. The predicted octanol–water partition coefficient (Wildman–Crippen LogP) is 7.98. The number of hydrogen-bond donors (Lipinski definition) is 2. The molecule has 0 atom stereocenters. The molecule has 7 heteroatoms. The summed E-state index contributed by atoms with van der Waals surface area (Å²) in [6.07, 6.45) is 1.54. The fourth-order valence-corrected chi connectivity index (χ4v) is 5.63. The molecule has 0 bridgehead atoms. The molecule has 1 heterocycles. The Morgan fingerprint density at radius 1 is 0.791 bits per heavy atom. The van der Waals surface area contributed by atoms with Crippen LogP contribution in [0.2, 0.25) is 0 Å². The lowest BCUT2D eigenvalue weighted by atomic mass is 9.77. The van der Waals surface area contributed by atoms with Crippen LogP contribution in [0.1, 0.15) is 50.3 Å². The molecule has 1 fully saturated rings. The van der Waals surface area contributed by atoms with Crippen molar-refractivity contribution in [3.63, 3.8) is 0 Å². The number of fused-ring (bicyclic) bond motifs is 3. The lowest BCUT2D eigenvalue weighted by Gasteiger charge is -2.32. The van der Waals surface area contributed by atoms with Crippen LogP contribution in [0.3, 0.4) is 0 Å². The van der Waals surface area contributed by atoms with Gasteiger partial charge in [-0.2, -0.15) is 0 Å². The molecule has 6 nitrogen and oxygen atoms in total. The average Bonchev–Trinajstić information content (AvgIpc) is 3.44. The Labute approximate surface area is 254 Å². The van der Waals surface area contributed by atoms with Crippen LogP contribution in [0, 0.1) is 0 Å². The van der Waals surface area contributed by atoms with Crippen LogP contribution in [0.4, 0.5) is 16.2 Å². The number of nitrogens with one attached hydrogen (secondary N) is 2. The van der Waals surface area contributed by atoms with Crippen molar-refractivity contribution >= 4 is 30.7 Å². The zero-order valence-corrected chi connectivity index (χ0v) is 25.1. The number of amides is 1. The number of anilines is 2. The lowest BCUT2D eigenvalue weighted by molar-refractivity contribution is 0.00578. The van der Waals surface area contributed by atoms with Crippen LogP contribution in [0.25, 0.3) is 17.2 Å². The van der Waals surface area contributed by atoms with Crippen molar-refractivity contribution in [1.82, 2.24) is 5.32 Å². The standard InChI is InChI=1S/C36H37BN2O4/c1-35(2)36(3,4)43-37(42-35)26(22-25-14-8-13-21-33(25)39-27-15-6-5-7-16-27)23-38-34(40)41-24-32-30-19-11-9-17-28(30)29-18-10-12-20-31(29)32/h5-22,32,39H,23-24H2,1-4H3,(H,38,40). The van der Waals surface area contributed by atoms with Gasteiger partial charge in [-0.15, -0.1) is 0 Å². The van der Waals surface area contributed by atoms with Crippen LogP contribution in [0.15, 0.2) is 109 Å². The second-order valence-electron chi connectivity index (χ2n) is 12.1. The third-order valence-electron chi connectivity index (χ3n) is 8.69. The third kappa shape index (κ3) is 5.96. The molecule has 1 aliphatic heterocycles. The second kappa shape index (κ2) is 11.7. The van der Waals surface area contributed by atoms with E-state index in [1.165, 1.54) is 22.3 Å². The second-order valence-corrected chi connectivity index (χ2v) is 12.1. The van der Waals surface area contributed by atoms with Crippen molar-refractivity contribution in [1.29, 1.82) is 0 Å². The summed E-state index contributed by atoms with van der Waals surface area (Å²) in [5, 5.41) is 6.46. The zero-order valence-electron chi connectivity index (χ0n) is 25.1. The van der Waals surface area contributed by atoms with E-state index in [0.29, 0.717) is 0 Å². The minimum absolute atomic E-state index is 0.00722. The van der Waals surface area contributed by atoms with Gasteiger partial charge >= 0.3 is 13.2 Å². The summed E-state index contributed by atoms with van der Waals surface area (Å²) in [6, 6.07) is 34.7. The van der Waals surface area contributed by atoms with Crippen molar-refractivity contribution in [2.75, 3.05) is 18.5 Å². The number of para-hydroxylation sites is 2. The molecule has 0 saturated carbocycles. The van der Waals surface area contributed by atoms with Crippen molar-refractivity contribution in [3.8, 4) is 11.1 Å². The first kappa shape index (κ1) is 28.8. The molecule has 43 heavy (non-hydrogen) atoms. The Morgan fingerprint density at radius 3 is 2.00 bits per heavy atom. The Morgan fingerprint density at radius 2 is 1.35 bits per heavy atom. The molecule has 4 aromatic carbocycles. The summed E-state index contributed by atoms with van der Waals surface area (Å²) in [5.74, 6) is -0.00722. The average molecular weight is 573 g/mol. The molecule has 1 aliphatic carbocycles. The van der Waals surface area contributed by atoms with Gasteiger partial charge in [-0.05, 0) is 79.2 Å². The monoisotopic (exact) mass is 572 g/mol.